The third-order valence-electron chi connectivity index (χ3n) is 5.83. The number of carboxylic acid groups (broad SMARTS) is 1. The zero-order chi connectivity index (χ0) is 27.5. The van der Waals surface area contributed by atoms with Crippen LogP contribution in [-0.2, 0) is 16.0 Å². The Bertz CT molecular complexity index is 1210. The zero-order valence-electron chi connectivity index (χ0n) is 21.9. The van der Waals surface area contributed by atoms with E-state index in [9.17, 15) is 14.4 Å². The molecule has 8 heteroatoms. The lowest BCUT2D eigenvalue weighted by molar-refractivity contribution is -0.138. The summed E-state index contributed by atoms with van der Waals surface area (Å²) in [7, 11) is 1.48. The van der Waals surface area contributed by atoms with Gasteiger partial charge in [0.1, 0.15) is 6.04 Å². The Hall–Kier alpha value is -4.33. The number of hydrogen-bond acceptors (Lipinski definition) is 5. The first-order valence-corrected chi connectivity index (χ1v) is 12.5. The Morgan fingerprint density at radius 2 is 1.47 bits per heavy atom. The number of esters is 1. The molecule has 0 heterocycles. The van der Waals surface area contributed by atoms with Crippen LogP contribution in [0.3, 0.4) is 0 Å². The molecule has 0 radical (unpaired) electrons. The highest BCUT2D eigenvalue weighted by molar-refractivity contribution is 5.85. The molecule has 2 N–H and O–H groups in total. The topological polar surface area (TPSA) is 105 Å². The Labute approximate surface area is 223 Å². The molecule has 0 aromatic heterocycles. The first-order chi connectivity index (χ1) is 18.3. The highest BCUT2D eigenvalue weighted by Gasteiger charge is 2.27. The van der Waals surface area contributed by atoms with E-state index in [1.807, 2.05) is 68.4 Å². The van der Waals surface area contributed by atoms with Gasteiger partial charge in [0.05, 0.1) is 13.5 Å². The van der Waals surface area contributed by atoms with Crippen molar-refractivity contribution in [2.24, 2.45) is 5.92 Å². The highest BCUT2D eigenvalue weighted by atomic mass is 16.6. The Morgan fingerprint density at radius 1 is 0.868 bits per heavy atom. The van der Waals surface area contributed by atoms with Gasteiger partial charge in [-0.05, 0) is 34.7 Å². The fraction of sp³-hybridized carbons (Fsp3) is 0.300. The van der Waals surface area contributed by atoms with Crippen LogP contribution >= 0.6 is 0 Å². The number of rotatable bonds is 12. The van der Waals surface area contributed by atoms with Crippen molar-refractivity contribution in [2.45, 2.75) is 32.7 Å². The number of nitrogens with zero attached hydrogens (tertiary/aromatic N) is 1. The molecule has 0 unspecified atom stereocenters. The third kappa shape index (κ3) is 8.37. The lowest BCUT2D eigenvalue weighted by Gasteiger charge is -2.27. The number of hydrogen-bond donors (Lipinski definition) is 2. The van der Waals surface area contributed by atoms with Gasteiger partial charge >= 0.3 is 18.0 Å². The second kappa shape index (κ2) is 13.8. The third-order valence-corrected chi connectivity index (χ3v) is 5.83. The predicted octanol–water partition coefficient (Wildman–Crippen LogP) is 5.02. The minimum absolute atomic E-state index is 0.0272. The molecule has 0 saturated heterocycles. The van der Waals surface area contributed by atoms with Gasteiger partial charge in [0.2, 0.25) is 0 Å². The van der Waals surface area contributed by atoms with E-state index in [-0.39, 0.29) is 31.1 Å². The Balaban J connectivity index is 1.83. The summed E-state index contributed by atoms with van der Waals surface area (Å²) in [6.07, 6.45) is -0.0132. The summed E-state index contributed by atoms with van der Waals surface area (Å²) < 4.78 is 10.9. The summed E-state index contributed by atoms with van der Waals surface area (Å²) in [5.74, 6) is -0.918. The van der Waals surface area contributed by atoms with Gasteiger partial charge in [-0.3, -0.25) is 4.79 Å². The second-order valence-corrected chi connectivity index (χ2v) is 9.32. The summed E-state index contributed by atoms with van der Waals surface area (Å²) in [6, 6.07) is 22.9. The molecule has 1 atom stereocenters. The maximum Gasteiger partial charge on any atom is 0.334 e. The molecule has 8 nitrogen and oxygen atoms in total. The second-order valence-electron chi connectivity index (χ2n) is 9.32. The highest BCUT2D eigenvalue weighted by Crippen LogP contribution is 2.26. The molecular formula is C30H34N2O6. The van der Waals surface area contributed by atoms with E-state index in [2.05, 4.69) is 5.32 Å². The minimum Gasteiger partial charge on any atom is -0.493 e. The number of methoxy groups -OCH3 is 1. The SMILES string of the molecule is COc1ccccc1OC(=O)[C@H](Cc1ccc(-c2ccccc2)cc1)NC(=O)N(CCC(=O)O)CC(C)C. The fourth-order valence-corrected chi connectivity index (χ4v) is 3.96. The van der Waals surface area contributed by atoms with Crippen molar-refractivity contribution in [1.82, 2.24) is 10.2 Å². The number of benzene rings is 3. The van der Waals surface area contributed by atoms with Crippen molar-refractivity contribution < 1.29 is 29.0 Å². The van der Waals surface area contributed by atoms with Gasteiger partial charge in [0.15, 0.2) is 11.5 Å². The van der Waals surface area contributed by atoms with E-state index in [0.717, 1.165) is 16.7 Å². The largest absolute Gasteiger partial charge is 0.493 e. The maximum absolute atomic E-state index is 13.3. The van der Waals surface area contributed by atoms with Crippen LogP contribution in [0.5, 0.6) is 11.5 Å². The van der Waals surface area contributed by atoms with Crippen LogP contribution in [-0.4, -0.2) is 54.2 Å². The first-order valence-electron chi connectivity index (χ1n) is 12.5. The minimum atomic E-state index is -1.02. The number of carbonyl (C=O) groups excluding carboxylic acids is 2. The number of ether oxygens (including phenoxy) is 2. The molecule has 0 aliphatic carbocycles. The van der Waals surface area contributed by atoms with Gasteiger partial charge in [0, 0.05) is 19.5 Å². The van der Waals surface area contributed by atoms with E-state index in [1.54, 1.807) is 24.3 Å². The number of carbonyl (C=O) groups is 3. The van der Waals surface area contributed by atoms with E-state index in [0.29, 0.717) is 12.3 Å². The lowest BCUT2D eigenvalue weighted by Crippen LogP contribution is -2.51. The molecule has 0 bridgehead atoms. The average molecular weight is 519 g/mol. The van der Waals surface area contributed by atoms with Crippen molar-refractivity contribution in [3.8, 4) is 22.6 Å². The molecule has 0 spiro atoms. The van der Waals surface area contributed by atoms with Crippen LogP contribution in [0.25, 0.3) is 11.1 Å². The molecule has 2 amide bonds. The summed E-state index contributed by atoms with van der Waals surface area (Å²) >= 11 is 0. The molecule has 3 aromatic rings. The summed E-state index contributed by atoms with van der Waals surface area (Å²) in [5, 5.41) is 11.9. The molecule has 38 heavy (non-hydrogen) atoms. The van der Waals surface area contributed by atoms with Gasteiger partial charge in [-0.1, -0.05) is 80.6 Å². The van der Waals surface area contributed by atoms with E-state index < -0.39 is 24.0 Å². The zero-order valence-corrected chi connectivity index (χ0v) is 21.9. The summed E-state index contributed by atoms with van der Waals surface area (Å²) in [5.41, 5.74) is 2.93. The van der Waals surface area contributed by atoms with Gasteiger partial charge in [0.25, 0.3) is 0 Å². The monoisotopic (exact) mass is 518 g/mol. The molecule has 0 fully saturated rings. The number of amides is 2. The molecule has 200 valence electrons. The van der Waals surface area contributed by atoms with Crippen LogP contribution in [0, 0.1) is 5.92 Å². The number of aliphatic carboxylic acids is 1. The van der Waals surface area contributed by atoms with Gasteiger partial charge in [-0.25, -0.2) is 9.59 Å². The molecule has 0 aliphatic rings. The first kappa shape index (κ1) is 28.2. The van der Waals surface area contributed by atoms with Crippen LogP contribution in [0.4, 0.5) is 4.79 Å². The van der Waals surface area contributed by atoms with Crippen LogP contribution in [0.2, 0.25) is 0 Å². The number of para-hydroxylation sites is 2. The van der Waals surface area contributed by atoms with Crippen LogP contribution in [0.1, 0.15) is 25.8 Å². The summed E-state index contributed by atoms with van der Waals surface area (Å²) in [6.45, 7) is 4.24. The lowest BCUT2D eigenvalue weighted by atomic mass is 10.0. The summed E-state index contributed by atoms with van der Waals surface area (Å²) in [4.78, 5) is 39.1. The van der Waals surface area contributed by atoms with E-state index in [4.69, 9.17) is 14.6 Å². The Morgan fingerprint density at radius 3 is 2.08 bits per heavy atom. The van der Waals surface area contributed by atoms with Crippen molar-refractivity contribution >= 4 is 18.0 Å². The molecule has 3 rings (SSSR count). The van der Waals surface area contributed by atoms with Crippen molar-refractivity contribution in [3.05, 3.63) is 84.4 Å². The number of carboxylic acids is 1. The van der Waals surface area contributed by atoms with Crippen LogP contribution < -0.4 is 14.8 Å². The Kier molecular flexibility index (Phi) is 10.3. The number of nitrogens with one attached hydrogen (secondary N) is 1. The maximum atomic E-state index is 13.3. The molecule has 0 saturated carbocycles. The van der Waals surface area contributed by atoms with Crippen molar-refractivity contribution in [3.63, 3.8) is 0 Å². The fourth-order valence-electron chi connectivity index (χ4n) is 3.96. The van der Waals surface area contributed by atoms with Crippen LogP contribution in [0.15, 0.2) is 78.9 Å². The van der Waals surface area contributed by atoms with Gasteiger partial charge in [-0.2, -0.15) is 0 Å². The predicted molar refractivity (Wildman–Crippen MR) is 145 cm³/mol. The van der Waals surface area contributed by atoms with Crippen molar-refractivity contribution in [1.29, 1.82) is 0 Å². The molecule has 0 aliphatic heterocycles. The van der Waals surface area contributed by atoms with Gasteiger partial charge in [-0.15, -0.1) is 0 Å². The smallest absolute Gasteiger partial charge is 0.334 e. The normalized spacial score (nSPS) is 11.5. The van der Waals surface area contributed by atoms with E-state index in [1.165, 1.54) is 12.0 Å². The quantitative estimate of drug-likeness (QED) is 0.258. The average Bonchev–Trinajstić information content (AvgIpc) is 2.91. The number of urea groups is 1. The van der Waals surface area contributed by atoms with E-state index >= 15 is 0 Å². The molecule has 3 aromatic carbocycles. The van der Waals surface area contributed by atoms with Gasteiger partial charge < -0.3 is 24.8 Å². The molecular weight excluding hydrogens is 484 g/mol. The van der Waals surface area contributed by atoms with Crippen molar-refractivity contribution in [2.75, 3.05) is 20.2 Å². The standard InChI is InChI=1S/C30H34N2O6/c1-21(2)20-32(18-17-28(33)34)30(36)31-25(29(35)38-27-12-8-7-11-26(27)37-3)19-22-13-15-24(16-14-22)23-9-5-4-6-10-23/h4-16,21,25H,17-20H2,1-3H3,(H,31,36)(H,33,34)/t25-/m0/s1.